The lowest BCUT2D eigenvalue weighted by molar-refractivity contribution is -0.400. The van der Waals surface area contributed by atoms with E-state index in [4.69, 9.17) is 10.2 Å². The van der Waals surface area contributed by atoms with Gasteiger partial charge < -0.3 is 10.2 Å². The molecule has 0 spiro atoms. The van der Waals surface area contributed by atoms with Gasteiger partial charge in [0.2, 0.25) is 0 Å². The first-order valence-corrected chi connectivity index (χ1v) is 6.57. The number of hydrogen-bond donors (Lipinski definition) is 1. The van der Waals surface area contributed by atoms with Crippen molar-refractivity contribution in [1.29, 1.82) is 0 Å². The van der Waals surface area contributed by atoms with E-state index in [0.29, 0.717) is 17.7 Å². The van der Waals surface area contributed by atoms with Crippen molar-refractivity contribution in [2.75, 3.05) is 0 Å². The third-order valence-corrected chi connectivity index (χ3v) is 3.47. The summed E-state index contributed by atoms with van der Waals surface area (Å²) in [6.45, 7) is 2.38. The fraction of sp³-hybridized carbons (Fsp3) is 0.125. The van der Waals surface area contributed by atoms with Gasteiger partial charge in [-0.25, -0.2) is 0 Å². The highest BCUT2D eigenvalue weighted by molar-refractivity contribution is 5.98. The van der Waals surface area contributed by atoms with Gasteiger partial charge in [-0.15, -0.1) is 12.4 Å². The van der Waals surface area contributed by atoms with Crippen LogP contribution in [0.3, 0.4) is 0 Å². The molecule has 0 amide bonds. The number of nitro groups is 1. The van der Waals surface area contributed by atoms with Crippen LogP contribution in [0.4, 0.5) is 5.88 Å². The van der Waals surface area contributed by atoms with E-state index in [1.54, 1.807) is 6.07 Å². The van der Waals surface area contributed by atoms with Crippen molar-refractivity contribution >= 4 is 29.3 Å². The molecule has 0 saturated heterocycles. The number of rotatable bonds is 3. The zero-order chi connectivity index (χ0) is 15.0. The van der Waals surface area contributed by atoms with Gasteiger partial charge in [0.05, 0.1) is 0 Å². The largest absolute Gasteiger partial charge is 0.442 e. The fourth-order valence-corrected chi connectivity index (χ4v) is 2.41. The molecule has 0 bridgehead atoms. The minimum atomic E-state index is -0.485. The highest BCUT2D eigenvalue weighted by Gasteiger charge is 2.25. The molecule has 0 saturated carbocycles. The highest BCUT2D eigenvalue weighted by atomic mass is 35.5. The number of benzene rings is 2. The van der Waals surface area contributed by atoms with Crippen LogP contribution in [-0.4, -0.2) is 4.92 Å². The van der Waals surface area contributed by atoms with Crippen LogP contribution in [0.5, 0.6) is 0 Å². The van der Waals surface area contributed by atoms with E-state index in [9.17, 15) is 10.1 Å². The predicted octanol–water partition coefficient (Wildman–Crippen LogP) is 4.20. The van der Waals surface area contributed by atoms with Crippen LogP contribution in [-0.2, 0) is 6.54 Å². The van der Waals surface area contributed by atoms with Crippen molar-refractivity contribution in [3.05, 3.63) is 63.7 Å². The number of hydrogen-bond acceptors (Lipinski definition) is 4. The van der Waals surface area contributed by atoms with Crippen LogP contribution >= 0.6 is 12.4 Å². The first-order chi connectivity index (χ1) is 10.1. The maximum Gasteiger partial charge on any atom is 0.442 e. The van der Waals surface area contributed by atoms with Crippen LogP contribution in [0.2, 0.25) is 0 Å². The molecule has 3 rings (SSSR count). The van der Waals surface area contributed by atoms with Gasteiger partial charge in [-0.2, -0.15) is 0 Å². The van der Waals surface area contributed by atoms with Crippen molar-refractivity contribution in [3.8, 4) is 11.1 Å². The van der Waals surface area contributed by atoms with Crippen molar-refractivity contribution < 1.29 is 9.34 Å². The van der Waals surface area contributed by atoms with E-state index in [0.717, 1.165) is 22.1 Å². The Kier molecular flexibility index (Phi) is 4.49. The topological polar surface area (TPSA) is 82.3 Å². The Bertz CT molecular complexity index is 825. The number of halogens is 1. The molecule has 114 valence electrons. The molecule has 2 N–H and O–H groups in total. The quantitative estimate of drug-likeness (QED) is 0.579. The standard InChI is InChI=1S/C16H14N2O3.ClH/c1-10-2-7-14-13(8-10)15(16(21-14)18(19)20)12-5-3-11(9-17)4-6-12;/h2-8H,9,17H2,1H3;1H. The predicted molar refractivity (Wildman–Crippen MR) is 88.2 cm³/mol. The van der Waals surface area contributed by atoms with E-state index in [1.165, 1.54) is 0 Å². The summed E-state index contributed by atoms with van der Waals surface area (Å²) in [4.78, 5) is 10.8. The minimum Gasteiger partial charge on any atom is -0.400 e. The summed E-state index contributed by atoms with van der Waals surface area (Å²) in [6.07, 6.45) is 0. The van der Waals surface area contributed by atoms with Gasteiger partial charge in [-0.3, -0.25) is 10.1 Å². The van der Waals surface area contributed by atoms with Gasteiger partial charge in [0.25, 0.3) is 0 Å². The Labute approximate surface area is 133 Å². The molecular formula is C16H15ClN2O3. The smallest absolute Gasteiger partial charge is 0.400 e. The lowest BCUT2D eigenvalue weighted by Gasteiger charge is -2.01. The normalized spacial score (nSPS) is 10.5. The summed E-state index contributed by atoms with van der Waals surface area (Å²) < 4.78 is 5.40. The number of nitrogens with zero attached hydrogens (tertiary/aromatic N) is 1. The highest BCUT2D eigenvalue weighted by Crippen LogP contribution is 2.40. The molecule has 0 atom stereocenters. The zero-order valence-corrected chi connectivity index (χ0v) is 12.7. The third-order valence-electron chi connectivity index (χ3n) is 3.47. The molecule has 2 aromatic carbocycles. The maximum atomic E-state index is 11.3. The lowest BCUT2D eigenvalue weighted by atomic mass is 10.0. The molecule has 0 aliphatic rings. The second-order valence-corrected chi connectivity index (χ2v) is 4.94. The molecule has 6 heteroatoms. The molecular weight excluding hydrogens is 304 g/mol. The van der Waals surface area contributed by atoms with Crippen LogP contribution in [0.25, 0.3) is 22.1 Å². The summed E-state index contributed by atoms with van der Waals surface area (Å²) in [5, 5.41) is 12.0. The first-order valence-electron chi connectivity index (χ1n) is 6.57. The fourth-order valence-electron chi connectivity index (χ4n) is 2.41. The van der Waals surface area contributed by atoms with Crippen molar-refractivity contribution in [2.45, 2.75) is 13.5 Å². The molecule has 1 heterocycles. The van der Waals surface area contributed by atoms with Gasteiger partial charge in [0.15, 0.2) is 0 Å². The van der Waals surface area contributed by atoms with E-state index >= 15 is 0 Å². The summed E-state index contributed by atoms with van der Waals surface area (Å²) in [5.74, 6) is -0.226. The molecule has 0 aliphatic heterocycles. The van der Waals surface area contributed by atoms with Crippen molar-refractivity contribution in [3.63, 3.8) is 0 Å². The molecule has 0 fully saturated rings. The van der Waals surface area contributed by atoms with E-state index in [1.807, 2.05) is 43.3 Å². The summed E-state index contributed by atoms with van der Waals surface area (Å²) in [5.41, 5.74) is 9.37. The lowest BCUT2D eigenvalue weighted by Crippen LogP contribution is -1.95. The number of fused-ring (bicyclic) bond motifs is 1. The van der Waals surface area contributed by atoms with Gasteiger partial charge in [-0.05, 0) is 30.2 Å². The van der Waals surface area contributed by atoms with E-state index < -0.39 is 4.92 Å². The van der Waals surface area contributed by atoms with E-state index in [-0.39, 0.29) is 18.3 Å². The molecule has 3 aromatic rings. The molecule has 0 radical (unpaired) electrons. The van der Waals surface area contributed by atoms with Crippen LogP contribution in [0, 0.1) is 17.0 Å². The SMILES string of the molecule is Cc1ccc2oc([N+](=O)[O-])c(-c3ccc(CN)cc3)c2c1.Cl. The Morgan fingerprint density at radius 2 is 1.86 bits per heavy atom. The van der Waals surface area contributed by atoms with Crippen LogP contribution in [0.1, 0.15) is 11.1 Å². The average molecular weight is 319 g/mol. The number of nitrogens with two attached hydrogens (primary N) is 1. The summed E-state index contributed by atoms with van der Waals surface area (Å²) >= 11 is 0. The zero-order valence-electron chi connectivity index (χ0n) is 11.9. The van der Waals surface area contributed by atoms with Crippen LogP contribution in [0.15, 0.2) is 46.9 Å². The second-order valence-electron chi connectivity index (χ2n) is 4.94. The monoisotopic (exact) mass is 318 g/mol. The minimum absolute atomic E-state index is 0. The molecule has 5 nitrogen and oxygen atoms in total. The third kappa shape index (κ3) is 2.68. The molecule has 0 unspecified atom stereocenters. The van der Waals surface area contributed by atoms with Crippen LogP contribution < -0.4 is 5.73 Å². The van der Waals surface area contributed by atoms with Crippen molar-refractivity contribution in [1.82, 2.24) is 0 Å². The molecule has 1 aromatic heterocycles. The summed E-state index contributed by atoms with van der Waals surface area (Å²) in [6, 6.07) is 12.9. The second kappa shape index (κ2) is 6.17. The maximum absolute atomic E-state index is 11.3. The number of furan rings is 1. The first kappa shape index (κ1) is 16.0. The molecule has 22 heavy (non-hydrogen) atoms. The average Bonchev–Trinajstić information content (AvgIpc) is 2.86. The summed E-state index contributed by atoms with van der Waals surface area (Å²) in [7, 11) is 0. The Hall–Kier alpha value is -2.37. The Balaban J connectivity index is 0.00000176. The van der Waals surface area contributed by atoms with Gasteiger partial charge in [0.1, 0.15) is 16.1 Å². The number of aryl methyl sites for hydroxylation is 1. The van der Waals surface area contributed by atoms with Crippen molar-refractivity contribution in [2.24, 2.45) is 5.73 Å². The molecule has 0 aliphatic carbocycles. The van der Waals surface area contributed by atoms with Gasteiger partial charge in [-0.1, -0.05) is 35.9 Å². The van der Waals surface area contributed by atoms with Gasteiger partial charge in [0, 0.05) is 11.9 Å². The Morgan fingerprint density at radius 3 is 2.45 bits per heavy atom. The Morgan fingerprint density at radius 1 is 1.18 bits per heavy atom. The van der Waals surface area contributed by atoms with Gasteiger partial charge >= 0.3 is 5.88 Å². The van der Waals surface area contributed by atoms with E-state index in [2.05, 4.69) is 0 Å².